The summed E-state index contributed by atoms with van der Waals surface area (Å²) in [6, 6.07) is 0. The number of carbonyl (C=O) groups excluding carboxylic acids is 7. The Bertz CT molecular complexity index is 1020. The Labute approximate surface area is 261 Å². The van der Waals surface area contributed by atoms with Gasteiger partial charge in [0.1, 0.15) is 5.78 Å². The zero-order valence-electron chi connectivity index (χ0n) is 27.9. The lowest BCUT2D eigenvalue weighted by molar-refractivity contribution is -0.193. The second kappa shape index (κ2) is 24.3. The Hall–Kier alpha value is -3.00. The van der Waals surface area contributed by atoms with Gasteiger partial charge in [0.2, 0.25) is 0 Å². The fourth-order valence-corrected chi connectivity index (χ4v) is 5.47. The molecule has 2 fully saturated rings. The van der Waals surface area contributed by atoms with Gasteiger partial charge in [0.15, 0.2) is 0 Å². The van der Waals surface area contributed by atoms with Gasteiger partial charge >= 0.3 is 31.8 Å². The number of ketones is 1. The third kappa shape index (κ3) is 18.6. The summed E-state index contributed by atoms with van der Waals surface area (Å²) >= 11 is 0. The first-order chi connectivity index (χ1) is 20.4. The molecule has 0 aromatic rings. The molecule has 2 rings (SSSR count). The molecule has 0 amide bonds. The SMILES string of the molecule is CC(=O)OCC1CC(=O)C1(C)C.CC/C=C/P(=O)(OCC)OCC.CCC=C1CC(COC(C)=O)C1(C)C.O=C=O.O=C=O. The lowest BCUT2D eigenvalue weighted by Gasteiger charge is -2.47. The van der Waals surface area contributed by atoms with Gasteiger partial charge in [0.05, 0.1) is 26.4 Å². The standard InChI is InChI=1S/C12H20O2.C9H14O3.C8H17O3P.2CO2/c1-5-6-10-7-11(12(10,3)4)8-14-9(2)13;1-6(10)12-5-7-4-8(11)9(7,2)3;1-4-7-8-12(9,10-5-2)11-6-3;2*2-1-3/h6,11H,5,7-8H2,1-4H3;7H,4-5H2,1-3H3;7-8H,4-6H2,1-3H3;;/b;;8-7+;;. The second-order valence-electron chi connectivity index (χ2n) is 10.7. The van der Waals surface area contributed by atoms with Crippen LogP contribution in [-0.2, 0) is 56.6 Å². The minimum absolute atomic E-state index is 0.172. The van der Waals surface area contributed by atoms with E-state index in [4.69, 9.17) is 37.7 Å². The monoisotopic (exact) mass is 646 g/mol. The van der Waals surface area contributed by atoms with E-state index in [1.807, 2.05) is 20.8 Å². The largest absolute Gasteiger partial charge is 0.466 e. The molecule has 0 bridgehead atoms. The molecule has 44 heavy (non-hydrogen) atoms. The molecule has 2 unspecified atom stereocenters. The van der Waals surface area contributed by atoms with Crippen LogP contribution in [0.3, 0.4) is 0 Å². The molecule has 252 valence electrons. The highest BCUT2D eigenvalue weighted by Gasteiger charge is 2.47. The van der Waals surface area contributed by atoms with Crippen LogP contribution in [-0.4, -0.2) is 56.5 Å². The van der Waals surface area contributed by atoms with Crippen molar-refractivity contribution >= 4 is 37.6 Å². The van der Waals surface area contributed by atoms with Crippen molar-refractivity contribution in [3.05, 3.63) is 23.5 Å². The van der Waals surface area contributed by atoms with Gasteiger partial charge in [-0.05, 0) is 38.5 Å². The number of rotatable bonds is 11. The van der Waals surface area contributed by atoms with Crippen LogP contribution in [0.1, 0.15) is 94.9 Å². The number of Topliss-reactive ketones (excluding diaryl/α,β-unsaturated/α-hetero) is 1. The van der Waals surface area contributed by atoms with Crippen molar-refractivity contribution in [1.29, 1.82) is 0 Å². The van der Waals surface area contributed by atoms with Crippen LogP contribution in [0.15, 0.2) is 23.5 Å². The van der Waals surface area contributed by atoms with Crippen molar-refractivity contribution in [1.82, 2.24) is 0 Å². The molecule has 2 aliphatic carbocycles. The summed E-state index contributed by atoms with van der Waals surface area (Å²) in [6.45, 7) is 20.6. The molecule has 0 aromatic carbocycles. The molecule has 0 aliphatic heterocycles. The van der Waals surface area contributed by atoms with Crippen molar-refractivity contribution in [3.8, 4) is 0 Å². The molecule has 0 radical (unpaired) electrons. The first-order valence-electron chi connectivity index (χ1n) is 14.5. The summed E-state index contributed by atoms with van der Waals surface area (Å²) in [5.74, 6) is 2.07. The van der Waals surface area contributed by atoms with E-state index in [1.165, 1.54) is 25.2 Å². The molecule has 0 aromatic heterocycles. The maximum Gasteiger partial charge on any atom is 0.373 e. The number of hydrogen-bond donors (Lipinski definition) is 0. The number of allylic oxidation sites excluding steroid dienone is 3. The van der Waals surface area contributed by atoms with E-state index in [0.717, 1.165) is 19.3 Å². The predicted octanol–water partition coefficient (Wildman–Crippen LogP) is 6.11. The topological polar surface area (TPSA) is 173 Å². The Morgan fingerprint density at radius 3 is 1.48 bits per heavy atom. The second-order valence-corrected chi connectivity index (χ2v) is 12.6. The molecule has 13 heteroatoms. The maximum absolute atomic E-state index is 11.6. The molecular formula is C31H51O12P. The Morgan fingerprint density at radius 1 is 0.795 bits per heavy atom. The molecule has 2 aliphatic rings. The minimum Gasteiger partial charge on any atom is -0.466 e. The van der Waals surface area contributed by atoms with Gasteiger partial charge in [-0.25, -0.2) is 0 Å². The van der Waals surface area contributed by atoms with Crippen molar-refractivity contribution < 1.29 is 56.6 Å². The summed E-state index contributed by atoms with van der Waals surface area (Å²) in [7, 11) is -2.92. The van der Waals surface area contributed by atoms with Gasteiger partial charge in [-0.1, -0.05) is 59.3 Å². The van der Waals surface area contributed by atoms with Gasteiger partial charge < -0.3 is 18.5 Å². The molecule has 12 nitrogen and oxygen atoms in total. The molecule has 0 heterocycles. The van der Waals surface area contributed by atoms with Crippen LogP contribution >= 0.6 is 7.60 Å². The van der Waals surface area contributed by atoms with Gasteiger partial charge in [-0.2, -0.15) is 19.2 Å². The van der Waals surface area contributed by atoms with Gasteiger partial charge in [-0.15, -0.1) is 0 Å². The van der Waals surface area contributed by atoms with Crippen molar-refractivity contribution in [3.63, 3.8) is 0 Å². The lowest BCUT2D eigenvalue weighted by Crippen LogP contribution is -2.47. The lowest BCUT2D eigenvalue weighted by atomic mass is 9.59. The van der Waals surface area contributed by atoms with Crippen LogP contribution in [0.5, 0.6) is 0 Å². The van der Waals surface area contributed by atoms with Crippen molar-refractivity contribution in [2.45, 2.75) is 94.9 Å². The van der Waals surface area contributed by atoms with Crippen LogP contribution in [0, 0.1) is 22.7 Å². The summed E-state index contributed by atoms with van der Waals surface area (Å²) in [5.41, 5.74) is 1.46. The number of esters is 2. The third-order valence-electron chi connectivity index (χ3n) is 7.05. The van der Waals surface area contributed by atoms with Crippen molar-refractivity contribution in [2.75, 3.05) is 26.4 Å². The summed E-state index contributed by atoms with van der Waals surface area (Å²) < 4.78 is 31.6. The highest BCUT2D eigenvalue weighted by Crippen LogP contribution is 2.51. The van der Waals surface area contributed by atoms with Gasteiger partial charge in [0.25, 0.3) is 0 Å². The Balaban J connectivity index is -0.000000526. The molecule has 0 spiro atoms. The Morgan fingerprint density at radius 2 is 1.20 bits per heavy atom. The average molecular weight is 647 g/mol. The summed E-state index contributed by atoms with van der Waals surface area (Å²) in [5, 5.41) is 0. The predicted molar refractivity (Wildman–Crippen MR) is 161 cm³/mol. The number of ether oxygens (including phenoxy) is 2. The normalized spacial score (nSPS) is 19.6. The van der Waals surface area contributed by atoms with Crippen LogP contribution in [0.4, 0.5) is 0 Å². The Kier molecular flexibility index (Phi) is 25.1. The maximum atomic E-state index is 11.6. The number of carbonyl (C=O) groups is 3. The first kappa shape index (κ1) is 45.4. The van der Waals surface area contributed by atoms with Crippen LogP contribution in [0.25, 0.3) is 0 Å². The van der Waals surface area contributed by atoms with E-state index in [-0.39, 0.29) is 46.8 Å². The fraction of sp³-hybridized carbons (Fsp3) is 0.710. The molecular weight excluding hydrogens is 595 g/mol. The van der Waals surface area contributed by atoms with Crippen LogP contribution in [0.2, 0.25) is 0 Å². The smallest absolute Gasteiger partial charge is 0.373 e. The highest BCUT2D eigenvalue weighted by molar-refractivity contribution is 7.57. The third-order valence-corrected chi connectivity index (χ3v) is 8.87. The molecule has 0 N–H and O–H groups in total. The highest BCUT2D eigenvalue weighted by atomic mass is 31.2. The molecule has 2 atom stereocenters. The van der Waals surface area contributed by atoms with Crippen LogP contribution < -0.4 is 0 Å². The zero-order chi connectivity index (χ0) is 35.0. The molecule has 2 saturated carbocycles. The van der Waals surface area contributed by atoms with E-state index < -0.39 is 7.60 Å². The van der Waals surface area contributed by atoms with E-state index in [0.29, 0.717) is 38.8 Å². The zero-order valence-corrected chi connectivity index (χ0v) is 28.8. The quantitative estimate of drug-likeness (QED) is 0.143. The first-order valence-corrected chi connectivity index (χ1v) is 16.1. The molecule has 0 saturated heterocycles. The summed E-state index contributed by atoms with van der Waals surface area (Å²) in [6.07, 6.45) is 8.17. The van der Waals surface area contributed by atoms with E-state index in [2.05, 4.69) is 26.8 Å². The van der Waals surface area contributed by atoms with E-state index in [9.17, 15) is 18.9 Å². The van der Waals surface area contributed by atoms with Gasteiger partial charge in [0, 0.05) is 43.3 Å². The van der Waals surface area contributed by atoms with E-state index in [1.54, 1.807) is 19.9 Å². The number of hydrogen-bond acceptors (Lipinski definition) is 12. The summed E-state index contributed by atoms with van der Waals surface area (Å²) in [4.78, 5) is 64.7. The minimum atomic E-state index is -2.92. The average Bonchev–Trinajstić information content (AvgIpc) is 2.93. The van der Waals surface area contributed by atoms with Gasteiger partial charge in [-0.3, -0.25) is 18.9 Å². The van der Waals surface area contributed by atoms with E-state index >= 15 is 0 Å². The van der Waals surface area contributed by atoms with Crippen molar-refractivity contribution in [2.24, 2.45) is 22.7 Å². The fourth-order valence-electron chi connectivity index (χ4n) is 4.03.